The Morgan fingerprint density at radius 2 is 1.54 bits per heavy atom. The molecule has 0 amide bonds. The number of fused-ring (bicyclic) bond motifs is 2. The SMILES string of the molecule is C[C@H]1[C@@H](N(CCCc2ccccc2)c2ccc(-c3ccc(C(=O)O)cc3)cc2)C[C@@H]2C[C@@H]1C2(C)C. The molecule has 3 nitrogen and oxygen atoms in total. The van der Waals surface area contributed by atoms with Crippen LogP contribution in [0.3, 0.4) is 0 Å². The highest BCUT2D eigenvalue weighted by Gasteiger charge is 2.57. The van der Waals surface area contributed by atoms with Crippen molar-refractivity contribution in [3.8, 4) is 11.1 Å². The molecule has 0 radical (unpaired) electrons. The lowest BCUT2D eigenvalue weighted by atomic mass is 9.44. The topological polar surface area (TPSA) is 40.5 Å². The Bertz CT molecular complexity index is 1150. The van der Waals surface area contributed by atoms with E-state index in [9.17, 15) is 9.90 Å². The molecule has 2 bridgehead atoms. The molecule has 3 aromatic rings. The van der Waals surface area contributed by atoms with Gasteiger partial charge < -0.3 is 10.0 Å². The van der Waals surface area contributed by atoms with Crippen LogP contribution in [0.5, 0.6) is 0 Å². The van der Waals surface area contributed by atoms with Gasteiger partial charge in [-0.15, -0.1) is 0 Å². The molecule has 3 heteroatoms. The van der Waals surface area contributed by atoms with Gasteiger partial charge in [-0.1, -0.05) is 75.4 Å². The predicted octanol–water partition coefficient (Wildman–Crippen LogP) is 7.56. The second-order valence-corrected chi connectivity index (χ2v) is 11.2. The summed E-state index contributed by atoms with van der Waals surface area (Å²) in [5.74, 6) is 1.45. The molecule has 3 aromatic carbocycles. The van der Waals surface area contributed by atoms with Crippen molar-refractivity contribution in [3.05, 3.63) is 90.0 Å². The summed E-state index contributed by atoms with van der Waals surface area (Å²) in [7, 11) is 0. The Hall–Kier alpha value is -3.07. The first kappa shape index (κ1) is 23.7. The van der Waals surface area contributed by atoms with Crippen LogP contribution in [0.4, 0.5) is 5.69 Å². The average molecular weight is 468 g/mol. The molecule has 0 heterocycles. The summed E-state index contributed by atoms with van der Waals surface area (Å²) in [5, 5.41) is 9.18. The van der Waals surface area contributed by atoms with Crippen LogP contribution in [-0.4, -0.2) is 23.7 Å². The first-order chi connectivity index (χ1) is 16.8. The summed E-state index contributed by atoms with van der Waals surface area (Å²) in [6.07, 6.45) is 4.93. The summed E-state index contributed by atoms with van der Waals surface area (Å²) in [6.45, 7) is 8.50. The van der Waals surface area contributed by atoms with Crippen molar-refractivity contribution in [1.29, 1.82) is 0 Å². The fourth-order valence-corrected chi connectivity index (χ4v) is 6.77. The molecule has 3 fully saturated rings. The van der Waals surface area contributed by atoms with Crippen molar-refractivity contribution in [3.63, 3.8) is 0 Å². The molecule has 0 aromatic heterocycles. The van der Waals surface area contributed by atoms with E-state index in [1.54, 1.807) is 12.1 Å². The van der Waals surface area contributed by atoms with Crippen LogP contribution in [0.1, 0.15) is 56.0 Å². The summed E-state index contributed by atoms with van der Waals surface area (Å²) < 4.78 is 0. The number of benzene rings is 3. The highest BCUT2D eigenvalue weighted by Crippen LogP contribution is 2.62. The van der Waals surface area contributed by atoms with E-state index in [2.05, 4.69) is 80.3 Å². The number of rotatable bonds is 8. The largest absolute Gasteiger partial charge is 0.478 e. The van der Waals surface area contributed by atoms with Gasteiger partial charge in [0.05, 0.1) is 5.56 Å². The zero-order chi connectivity index (χ0) is 24.6. The summed E-state index contributed by atoms with van der Waals surface area (Å²) in [4.78, 5) is 13.9. The Morgan fingerprint density at radius 3 is 2.11 bits per heavy atom. The molecule has 4 atom stereocenters. The number of carboxylic acid groups (broad SMARTS) is 1. The van der Waals surface area contributed by atoms with Crippen LogP contribution >= 0.6 is 0 Å². The van der Waals surface area contributed by atoms with E-state index in [4.69, 9.17) is 0 Å². The van der Waals surface area contributed by atoms with Crippen LogP contribution in [0, 0.1) is 23.2 Å². The standard InChI is InChI=1S/C32H37NO2/c1-22-29-20-27(32(29,2)3)21-30(22)33(19-7-10-23-8-5-4-6-9-23)28-17-15-25(16-18-28)24-11-13-26(14-12-24)31(34)35/h4-6,8-9,11-18,22,27,29-30H,7,10,19-21H2,1-3H3,(H,34,35)/t22-,27+,29+,30+/m1/s1. The first-order valence-electron chi connectivity index (χ1n) is 13.1. The minimum absolute atomic E-state index is 0.322. The van der Waals surface area contributed by atoms with Crippen molar-refractivity contribution in [1.82, 2.24) is 0 Å². The van der Waals surface area contributed by atoms with Crippen LogP contribution in [-0.2, 0) is 6.42 Å². The number of carbonyl (C=O) groups is 1. The van der Waals surface area contributed by atoms with Gasteiger partial charge in [0.2, 0.25) is 0 Å². The fourth-order valence-electron chi connectivity index (χ4n) is 6.77. The normalized spacial score (nSPS) is 24.4. The van der Waals surface area contributed by atoms with Gasteiger partial charge in [0, 0.05) is 18.3 Å². The molecule has 0 aliphatic heterocycles. The monoisotopic (exact) mass is 467 g/mol. The van der Waals surface area contributed by atoms with Crippen molar-refractivity contribution < 1.29 is 9.90 Å². The number of carboxylic acids is 1. The third kappa shape index (κ3) is 4.61. The second kappa shape index (κ2) is 9.53. The smallest absolute Gasteiger partial charge is 0.335 e. The fraction of sp³-hybridized carbons (Fsp3) is 0.406. The van der Waals surface area contributed by atoms with Crippen LogP contribution in [0.25, 0.3) is 11.1 Å². The van der Waals surface area contributed by atoms with E-state index >= 15 is 0 Å². The molecule has 3 aliphatic rings. The maximum atomic E-state index is 11.2. The third-order valence-electron chi connectivity index (χ3n) is 9.09. The zero-order valence-electron chi connectivity index (χ0n) is 21.2. The van der Waals surface area contributed by atoms with Crippen molar-refractivity contribution >= 4 is 11.7 Å². The van der Waals surface area contributed by atoms with E-state index in [0.717, 1.165) is 42.3 Å². The van der Waals surface area contributed by atoms with Crippen molar-refractivity contribution in [2.24, 2.45) is 23.2 Å². The molecule has 3 saturated carbocycles. The number of aromatic carboxylic acids is 1. The number of hydrogen-bond donors (Lipinski definition) is 1. The molecule has 1 N–H and O–H groups in total. The summed E-state index contributed by atoms with van der Waals surface area (Å²) in [5.41, 5.74) is 5.69. The van der Waals surface area contributed by atoms with Gasteiger partial charge in [-0.3, -0.25) is 0 Å². The van der Waals surface area contributed by atoms with Gasteiger partial charge in [0.25, 0.3) is 0 Å². The minimum Gasteiger partial charge on any atom is -0.478 e. The number of nitrogens with zero attached hydrogens (tertiary/aromatic N) is 1. The third-order valence-corrected chi connectivity index (χ3v) is 9.09. The van der Waals surface area contributed by atoms with Gasteiger partial charge in [0.1, 0.15) is 0 Å². The minimum atomic E-state index is -0.888. The van der Waals surface area contributed by atoms with Gasteiger partial charge in [0.15, 0.2) is 0 Å². The number of hydrogen-bond acceptors (Lipinski definition) is 2. The van der Waals surface area contributed by atoms with Gasteiger partial charge in [-0.25, -0.2) is 4.79 Å². The van der Waals surface area contributed by atoms with E-state index in [-0.39, 0.29) is 0 Å². The molecule has 6 rings (SSSR count). The number of aryl methyl sites for hydroxylation is 1. The highest BCUT2D eigenvalue weighted by molar-refractivity contribution is 5.88. The lowest BCUT2D eigenvalue weighted by Crippen LogP contribution is -2.61. The predicted molar refractivity (Wildman–Crippen MR) is 144 cm³/mol. The quantitative estimate of drug-likeness (QED) is 0.371. The molecule has 0 spiro atoms. The van der Waals surface area contributed by atoms with Crippen LogP contribution in [0.15, 0.2) is 78.9 Å². The van der Waals surface area contributed by atoms with Crippen LogP contribution < -0.4 is 4.90 Å². The van der Waals surface area contributed by atoms with Crippen LogP contribution in [0.2, 0.25) is 0 Å². The lowest BCUT2D eigenvalue weighted by Gasteiger charge is -2.63. The van der Waals surface area contributed by atoms with Crippen molar-refractivity contribution in [2.45, 2.75) is 52.5 Å². The lowest BCUT2D eigenvalue weighted by molar-refractivity contribution is -0.109. The second-order valence-electron chi connectivity index (χ2n) is 11.2. The van der Waals surface area contributed by atoms with Gasteiger partial charge in [-0.2, -0.15) is 0 Å². The van der Waals surface area contributed by atoms with E-state index in [1.165, 1.54) is 24.1 Å². The van der Waals surface area contributed by atoms with E-state index in [0.29, 0.717) is 22.9 Å². The molecule has 182 valence electrons. The molecule has 35 heavy (non-hydrogen) atoms. The van der Waals surface area contributed by atoms with E-state index in [1.807, 2.05) is 12.1 Å². The average Bonchev–Trinajstić information content (AvgIpc) is 2.87. The Morgan fingerprint density at radius 1 is 0.914 bits per heavy atom. The highest BCUT2D eigenvalue weighted by atomic mass is 16.4. The molecular formula is C32H37NO2. The number of anilines is 1. The van der Waals surface area contributed by atoms with E-state index < -0.39 is 5.97 Å². The Balaban J connectivity index is 1.36. The van der Waals surface area contributed by atoms with Gasteiger partial charge >= 0.3 is 5.97 Å². The van der Waals surface area contributed by atoms with Gasteiger partial charge in [-0.05, 0) is 89.8 Å². The molecular weight excluding hydrogens is 430 g/mol. The zero-order valence-corrected chi connectivity index (χ0v) is 21.2. The Kier molecular flexibility index (Phi) is 6.44. The maximum absolute atomic E-state index is 11.2. The first-order valence-corrected chi connectivity index (χ1v) is 13.1. The van der Waals surface area contributed by atoms with Crippen molar-refractivity contribution in [2.75, 3.05) is 11.4 Å². The molecule has 3 aliphatic carbocycles. The Labute approximate surface area is 209 Å². The molecule has 0 saturated heterocycles. The summed E-state index contributed by atoms with van der Waals surface area (Å²) >= 11 is 0. The maximum Gasteiger partial charge on any atom is 0.335 e. The molecule has 0 unspecified atom stereocenters. The summed E-state index contributed by atoms with van der Waals surface area (Å²) in [6, 6.07) is 27.5.